The summed E-state index contributed by atoms with van der Waals surface area (Å²) in [4.78, 5) is 23.6. The highest BCUT2D eigenvalue weighted by molar-refractivity contribution is 5.76. The molecule has 0 amide bonds. The normalized spacial score (nSPS) is 16.7. The Bertz CT molecular complexity index is 319. The molecule has 0 aliphatic carbocycles. The smallest absolute Gasteiger partial charge is 0.309 e. The lowest BCUT2D eigenvalue weighted by molar-refractivity contribution is -0.155. The van der Waals surface area contributed by atoms with Gasteiger partial charge in [0.25, 0.3) is 0 Å². The van der Waals surface area contributed by atoms with Crippen LogP contribution in [0.25, 0.3) is 0 Å². The van der Waals surface area contributed by atoms with E-state index in [0.29, 0.717) is 38.5 Å². The molecule has 0 aromatic heterocycles. The number of carboxylic acid groups (broad SMARTS) is 2. The molecule has 0 aromatic carbocycles. The van der Waals surface area contributed by atoms with Crippen LogP contribution < -0.4 is 0 Å². The first-order chi connectivity index (χ1) is 10.3. The molecule has 0 saturated carbocycles. The molecule has 2 N–H and O–H groups in total. The Morgan fingerprint density at radius 1 is 0.682 bits per heavy atom. The quantitative estimate of drug-likeness (QED) is 0.495. The molecule has 2 unspecified atom stereocenters. The predicted octanol–water partition coefficient (Wildman–Crippen LogP) is 5.11. The van der Waals surface area contributed by atoms with E-state index in [-0.39, 0.29) is 0 Å². The Balaban J connectivity index is 5.17. The number of rotatable bonds is 13. The molecule has 0 fully saturated rings. The van der Waals surface area contributed by atoms with E-state index in [0.717, 1.165) is 25.7 Å². The number of hydrogen-bond donors (Lipinski definition) is 2. The van der Waals surface area contributed by atoms with E-state index in [2.05, 4.69) is 13.8 Å². The van der Waals surface area contributed by atoms with Crippen LogP contribution in [0.1, 0.15) is 91.9 Å². The van der Waals surface area contributed by atoms with Crippen LogP contribution in [0, 0.1) is 10.8 Å². The second-order valence-corrected chi connectivity index (χ2v) is 6.59. The Kier molecular flexibility index (Phi) is 9.38. The van der Waals surface area contributed by atoms with Crippen LogP contribution in [0.2, 0.25) is 0 Å². The minimum atomic E-state index is -0.769. The molecule has 0 rings (SSSR count). The van der Waals surface area contributed by atoms with E-state index in [1.54, 1.807) is 0 Å². The van der Waals surface area contributed by atoms with Crippen molar-refractivity contribution in [1.29, 1.82) is 0 Å². The summed E-state index contributed by atoms with van der Waals surface area (Å²) < 4.78 is 0. The highest BCUT2D eigenvalue weighted by Gasteiger charge is 2.42. The van der Waals surface area contributed by atoms with E-state index in [1.807, 2.05) is 13.8 Å². The minimum absolute atomic E-state index is 0.461. The first-order valence-electron chi connectivity index (χ1n) is 8.81. The zero-order valence-electron chi connectivity index (χ0n) is 14.8. The van der Waals surface area contributed by atoms with Gasteiger partial charge in [-0.25, -0.2) is 0 Å². The molecule has 0 spiro atoms. The molecular weight excluding hydrogens is 280 g/mol. The van der Waals surface area contributed by atoms with Crippen molar-refractivity contribution < 1.29 is 19.8 Å². The van der Waals surface area contributed by atoms with Gasteiger partial charge in [-0.05, 0) is 38.5 Å². The Hall–Kier alpha value is -1.06. The molecule has 0 aromatic rings. The van der Waals surface area contributed by atoms with E-state index >= 15 is 0 Å². The topological polar surface area (TPSA) is 74.6 Å². The molecule has 4 nitrogen and oxygen atoms in total. The van der Waals surface area contributed by atoms with Gasteiger partial charge in [-0.15, -0.1) is 0 Å². The second-order valence-electron chi connectivity index (χ2n) is 6.59. The van der Waals surface area contributed by atoms with Crippen molar-refractivity contribution >= 4 is 11.9 Å². The molecule has 22 heavy (non-hydrogen) atoms. The van der Waals surface area contributed by atoms with Gasteiger partial charge in [-0.3, -0.25) is 9.59 Å². The average molecular weight is 314 g/mol. The van der Waals surface area contributed by atoms with Crippen LogP contribution in [0.5, 0.6) is 0 Å². The largest absolute Gasteiger partial charge is 0.481 e. The van der Waals surface area contributed by atoms with Crippen LogP contribution >= 0.6 is 0 Å². The molecule has 130 valence electrons. The van der Waals surface area contributed by atoms with Crippen molar-refractivity contribution in [3.8, 4) is 0 Å². The molecule has 2 atom stereocenters. The van der Waals surface area contributed by atoms with E-state index < -0.39 is 22.8 Å². The first kappa shape index (κ1) is 20.9. The predicted molar refractivity (Wildman–Crippen MR) is 89.0 cm³/mol. The monoisotopic (exact) mass is 314 g/mol. The van der Waals surface area contributed by atoms with Crippen LogP contribution in [-0.4, -0.2) is 22.2 Å². The zero-order chi connectivity index (χ0) is 17.2. The number of carboxylic acids is 2. The first-order valence-corrected chi connectivity index (χ1v) is 8.81. The summed E-state index contributed by atoms with van der Waals surface area (Å²) >= 11 is 0. The van der Waals surface area contributed by atoms with Crippen LogP contribution in [0.3, 0.4) is 0 Å². The number of aliphatic carboxylic acids is 2. The lowest BCUT2D eigenvalue weighted by atomic mass is 9.69. The van der Waals surface area contributed by atoms with E-state index in [4.69, 9.17) is 0 Å². The Morgan fingerprint density at radius 2 is 1.00 bits per heavy atom. The summed E-state index contributed by atoms with van der Waals surface area (Å²) in [5.74, 6) is -1.54. The number of hydrogen-bond acceptors (Lipinski definition) is 2. The summed E-state index contributed by atoms with van der Waals surface area (Å²) in [5.41, 5.74) is -1.53. The van der Waals surface area contributed by atoms with Gasteiger partial charge in [-0.1, -0.05) is 53.4 Å². The molecule has 0 aliphatic rings. The van der Waals surface area contributed by atoms with Gasteiger partial charge in [0.15, 0.2) is 0 Å². The number of carbonyl (C=O) groups is 2. The van der Waals surface area contributed by atoms with Gasteiger partial charge >= 0.3 is 11.9 Å². The molecule has 0 radical (unpaired) electrons. The Labute approximate surface area is 135 Å². The van der Waals surface area contributed by atoms with Gasteiger partial charge < -0.3 is 10.2 Å². The van der Waals surface area contributed by atoms with Crippen molar-refractivity contribution in [2.45, 2.75) is 91.9 Å². The molecular formula is C18H34O4. The highest BCUT2D eigenvalue weighted by atomic mass is 16.4. The zero-order valence-corrected chi connectivity index (χ0v) is 14.8. The fraction of sp³-hybridized carbons (Fsp3) is 0.889. The van der Waals surface area contributed by atoms with Crippen molar-refractivity contribution in [2.24, 2.45) is 10.8 Å². The van der Waals surface area contributed by atoms with Gasteiger partial charge in [0.2, 0.25) is 0 Å². The summed E-state index contributed by atoms with van der Waals surface area (Å²) in [7, 11) is 0. The minimum Gasteiger partial charge on any atom is -0.481 e. The molecule has 0 aliphatic heterocycles. The Morgan fingerprint density at radius 3 is 1.18 bits per heavy atom. The fourth-order valence-corrected chi connectivity index (χ4v) is 3.20. The maximum atomic E-state index is 11.8. The molecule has 0 saturated heterocycles. The van der Waals surface area contributed by atoms with Crippen molar-refractivity contribution in [3.63, 3.8) is 0 Å². The fourth-order valence-electron chi connectivity index (χ4n) is 3.20. The maximum Gasteiger partial charge on any atom is 0.309 e. The molecule has 4 heteroatoms. The number of unbranched alkanes of at least 4 members (excludes halogenated alkanes) is 2. The second kappa shape index (κ2) is 9.86. The third kappa shape index (κ3) is 5.29. The highest BCUT2D eigenvalue weighted by Crippen LogP contribution is 2.42. The SMILES string of the molecule is CCCCC(CC)(CCC(CC)(CCCC)C(=O)O)C(=O)O. The van der Waals surface area contributed by atoms with Crippen molar-refractivity contribution in [2.75, 3.05) is 0 Å². The third-order valence-electron chi connectivity index (χ3n) is 5.36. The lowest BCUT2D eigenvalue weighted by Gasteiger charge is -2.34. The van der Waals surface area contributed by atoms with E-state index in [1.165, 1.54) is 0 Å². The van der Waals surface area contributed by atoms with Crippen molar-refractivity contribution in [1.82, 2.24) is 0 Å². The van der Waals surface area contributed by atoms with Gasteiger partial charge in [0.1, 0.15) is 0 Å². The third-order valence-corrected chi connectivity index (χ3v) is 5.36. The maximum absolute atomic E-state index is 11.8. The van der Waals surface area contributed by atoms with Gasteiger partial charge in [0, 0.05) is 0 Å². The van der Waals surface area contributed by atoms with Crippen molar-refractivity contribution in [3.05, 3.63) is 0 Å². The molecule has 0 heterocycles. The average Bonchev–Trinajstić information content (AvgIpc) is 2.50. The van der Waals surface area contributed by atoms with Crippen LogP contribution in [-0.2, 0) is 9.59 Å². The van der Waals surface area contributed by atoms with Gasteiger partial charge in [0.05, 0.1) is 10.8 Å². The standard InChI is InChI=1S/C18H34O4/c1-5-9-11-17(7-3,15(19)20)13-14-18(8-4,16(21)22)12-10-6-2/h5-14H2,1-4H3,(H,19,20)(H,21,22). The summed E-state index contributed by atoms with van der Waals surface area (Å²) in [6, 6.07) is 0. The summed E-state index contributed by atoms with van der Waals surface area (Å²) in [6.07, 6.45) is 7.01. The summed E-state index contributed by atoms with van der Waals surface area (Å²) in [6.45, 7) is 7.92. The van der Waals surface area contributed by atoms with Gasteiger partial charge in [-0.2, -0.15) is 0 Å². The summed E-state index contributed by atoms with van der Waals surface area (Å²) in [5, 5.41) is 19.4. The molecule has 0 bridgehead atoms. The lowest BCUT2D eigenvalue weighted by Crippen LogP contribution is -2.36. The van der Waals surface area contributed by atoms with Crippen LogP contribution in [0.15, 0.2) is 0 Å². The van der Waals surface area contributed by atoms with Crippen LogP contribution in [0.4, 0.5) is 0 Å². The van der Waals surface area contributed by atoms with E-state index in [9.17, 15) is 19.8 Å².